The lowest BCUT2D eigenvalue weighted by Crippen LogP contribution is -2.57. The lowest BCUT2D eigenvalue weighted by Gasteiger charge is -2.35. The van der Waals surface area contributed by atoms with Crippen LogP contribution in [0.4, 0.5) is 0 Å². The molecular formula is C13H24N2O3. The highest BCUT2D eigenvalue weighted by atomic mass is 16.5. The van der Waals surface area contributed by atoms with Crippen molar-refractivity contribution >= 4 is 5.91 Å². The number of nitrogens with one attached hydrogen (secondary N) is 1. The number of amides is 1. The molecule has 2 N–H and O–H groups in total. The first-order valence-corrected chi connectivity index (χ1v) is 6.92. The summed E-state index contributed by atoms with van der Waals surface area (Å²) in [4.78, 5) is 14.1. The number of morpholine rings is 1. The molecule has 1 aliphatic carbocycles. The highest BCUT2D eigenvalue weighted by Crippen LogP contribution is 2.29. The Morgan fingerprint density at radius 2 is 2.00 bits per heavy atom. The second-order valence-electron chi connectivity index (χ2n) is 5.45. The number of carbonyl (C=O) groups is 1. The van der Waals surface area contributed by atoms with Gasteiger partial charge in [-0.05, 0) is 19.8 Å². The monoisotopic (exact) mass is 256 g/mol. The van der Waals surface area contributed by atoms with Crippen LogP contribution in [-0.4, -0.2) is 60.4 Å². The van der Waals surface area contributed by atoms with E-state index in [2.05, 4.69) is 5.32 Å². The number of hydrogen-bond acceptors (Lipinski definition) is 4. The number of aliphatic hydroxyl groups excluding tert-OH is 1. The first-order valence-electron chi connectivity index (χ1n) is 6.92. The smallest absolute Gasteiger partial charge is 0.239 e. The molecule has 1 aliphatic heterocycles. The molecule has 1 unspecified atom stereocenters. The lowest BCUT2D eigenvalue weighted by atomic mass is 9.97. The van der Waals surface area contributed by atoms with Gasteiger partial charge < -0.3 is 14.7 Å². The first-order chi connectivity index (χ1) is 8.67. The summed E-state index contributed by atoms with van der Waals surface area (Å²) in [7, 11) is 0. The van der Waals surface area contributed by atoms with Gasteiger partial charge in [0.1, 0.15) is 0 Å². The van der Waals surface area contributed by atoms with Gasteiger partial charge in [0, 0.05) is 18.6 Å². The van der Waals surface area contributed by atoms with Gasteiger partial charge >= 0.3 is 0 Å². The highest BCUT2D eigenvalue weighted by molar-refractivity contribution is 5.81. The van der Waals surface area contributed by atoms with Gasteiger partial charge in [0.05, 0.1) is 25.9 Å². The van der Waals surface area contributed by atoms with Gasteiger partial charge in [-0.25, -0.2) is 0 Å². The summed E-state index contributed by atoms with van der Waals surface area (Å²) in [6.45, 7) is 4.63. The van der Waals surface area contributed by atoms with Crippen LogP contribution in [0.25, 0.3) is 0 Å². The van der Waals surface area contributed by atoms with Crippen LogP contribution in [-0.2, 0) is 9.53 Å². The molecule has 0 aromatic heterocycles. The van der Waals surface area contributed by atoms with E-state index in [0.717, 1.165) is 25.7 Å². The average Bonchev–Trinajstić information content (AvgIpc) is 2.88. The second kappa shape index (κ2) is 5.99. The standard InChI is InChI=1S/C13H24N2O3/c1-11(12(17)15-6-8-18-9-7-15)14-13(10-16)4-2-3-5-13/h11,14,16H,2-10H2,1H3. The minimum Gasteiger partial charge on any atom is -0.394 e. The van der Waals surface area contributed by atoms with Crippen LogP contribution in [0.1, 0.15) is 32.6 Å². The Labute approximate surface area is 108 Å². The van der Waals surface area contributed by atoms with Gasteiger partial charge in [-0.2, -0.15) is 0 Å². The van der Waals surface area contributed by atoms with Gasteiger partial charge in [-0.3, -0.25) is 10.1 Å². The largest absolute Gasteiger partial charge is 0.394 e. The zero-order valence-electron chi connectivity index (χ0n) is 11.2. The number of nitrogens with zero attached hydrogens (tertiary/aromatic N) is 1. The van der Waals surface area contributed by atoms with E-state index in [0.29, 0.717) is 26.3 Å². The van der Waals surface area contributed by atoms with E-state index >= 15 is 0 Å². The number of aliphatic hydroxyl groups is 1. The number of ether oxygens (including phenoxy) is 1. The molecule has 18 heavy (non-hydrogen) atoms. The van der Waals surface area contributed by atoms with Crippen LogP contribution < -0.4 is 5.32 Å². The minimum absolute atomic E-state index is 0.119. The second-order valence-corrected chi connectivity index (χ2v) is 5.45. The molecule has 5 heteroatoms. The van der Waals surface area contributed by atoms with Gasteiger partial charge in [0.15, 0.2) is 0 Å². The van der Waals surface area contributed by atoms with E-state index in [4.69, 9.17) is 4.74 Å². The summed E-state index contributed by atoms with van der Waals surface area (Å²) >= 11 is 0. The van der Waals surface area contributed by atoms with Crippen molar-refractivity contribution in [3.05, 3.63) is 0 Å². The summed E-state index contributed by atoms with van der Waals surface area (Å²) < 4.78 is 5.25. The van der Waals surface area contributed by atoms with E-state index in [1.807, 2.05) is 11.8 Å². The maximum Gasteiger partial charge on any atom is 0.239 e. The van der Waals surface area contributed by atoms with Gasteiger partial charge in [-0.1, -0.05) is 12.8 Å². The van der Waals surface area contributed by atoms with Gasteiger partial charge in [0.25, 0.3) is 0 Å². The maximum atomic E-state index is 12.3. The molecule has 0 aromatic carbocycles. The molecule has 0 spiro atoms. The molecule has 5 nitrogen and oxygen atoms in total. The summed E-state index contributed by atoms with van der Waals surface area (Å²) in [5, 5.41) is 12.9. The van der Waals surface area contributed by atoms with Gasteiger partial charge in [-0.15, -0.1) is 0 Å². The Morgan fingerprint density at radius 1 is 1.39 bits per heavy atom. The Bertz CT molecular complexity index is 284. The van der Waals surface area contributed by atoms with Crippen molar-refractivity contribution < 1.29 is 14.6 Å². The van der Waals surface area contributed by atoms with Crippen molar-refractivity contribution in [2.75, 3.05) is 32.9 Å². The van der Waals surface area contributed by atoms with Crippen molar-refractivity contribution in [1.82, 2.24) is 10.2 Å². The van der Waals surface area contributed by atoms with Crippen LogP contribution in [0.5, 0.6) is 0 Å². The van der Waals surface area contributed by atoms with Crippen molar-refractivity contribution in [2.45, 2.75) is 44.2 Å². The predicted octanol–water partition coefficient (Wildman–Crippen LogP) is 0.128. The minimum atomic E-state index is -0.235. The van der Waals surface area contributed by atoms with Crippen LogP contribution in [0.3, 0.4) is 0 Å². The topological polar surface area (TPSA) is 61.8 Å². The van der Waals surface area contributed by atoms with E-state index in [1.54, 1.807) is 0 Å². The Kier molecular flexibility index (Phi) is 4.59. The zero-order chi connectivity index (χ0) is 13.0. The van der Waals surface area contributed by atoms with Crippen molar-refractivity contribution in [1.29, 1.82) is 0 Å². The number of carbonyl (C=O) groups excluding carboxylic acids is 1. The summed E-state index contributed by atoms with van der Waals surface area (Å²) in [6, 6.07) is -0.228. The molecule has 2 aliphatic rings. The molecular weight excluding hydrogens is 232 g/mol. The third kappa shape index (κ3) is 3.02. The Morgan fingerprint density at radius 3 is 2.56 bits per heavy atom. The molecule has 104 valence electrons. The van der Waals surface area contributed by atoms with Crippen LogP contribution in [0.15, 0.2) is 0 Å². The normalized spacial score (nSPS) is 25.1. The predicted molar refractivity (Wildman–Crippen MR) is 68.3 cm³/mol. The molecule has 1 atom stereocenters. The molecule has 0 bridgehead atoms. The number of rotatable bonds is 4. The summed E-state index contributed by atoms with van der Waals surface area (Å²) in [6.07, 6.45) is 4.19. The Hall–Kier alpha value is -0.650. The zero-order valence-corrected chi connectivity index (χ0v) is 11.2. The van der Waals surface area contributed by atoms with Crippen LogP contribution in [0.2, 0.25) is 0 Å². The van der Waals surface area contributed by atoms with E-state index < -0.39 is 0 Å². The van der Waals surface area contributed by atoms with Crippen molar-refractivity contribution in [2.24, 2.45) is 0 Å². The Balaban J connectivity index is 1.89. The first kappa shape index (κ1) is 13.8. The fraction of sp³-hybridized carbons (Fsp3) is 0.923. The van der Waals surface area contributed by atoms with E-state index in [-0.39, 0.29) is 24.1 Å². The molecule has 2 fully saturated rings. The number of hydrogen-bond donors (Lipinski definition) is 2. The van der Waals surface area contributed by atoms with Gasteiger partial charge in [0.2, 0.25) is 5.91 Å². The molecule has 1 amide bonds. The maximum absolute atomic E-state index is 12.3. The van der Waals surface area contributed by atoms with Crippen LogP contribution >= 0.6 is 0 Å². The fourth-order valence-electron chi connectivity index (χ4n) is 2.98. The third-order valence-corrected chi connectivity index (χ3v) is 4.08. The molecule has 1 heterocycles. The van der Waals surface area contributed by atoms with E-state index in [1.165, 1.54) is 0 Å². The van der Waals surface area contributed by atoms with Crippen molar-refractivity contribution in [3.63, 3.8) is 0 Å². The summed E-state index contributed by atoms with van der Waals surface area (Å²) in [5.41, 5.74) is -0.235. The third-order valence-electron chi connectivity index (χ3n) is 4.08. The molecule has 0 aromatic rings. The fourth-order valence-corrected chi connectivity index (χ4v) is 2.98. The average molecular weight is 256 g/mol. The van der Waals surface area contributed by atoms with Crippen molar-refractivity contribution in [3.8, 4) is 0 Å². The molecule has 0 radical (unpaired) electrons. The molecule has 1 saturated heterocycles. The SMILES string of the molecule is CC(NC1(CO)CCCC1)C(=O)N1CCOCC1. The quantitative estimate of drug-likeness (QED) is 0.750. The summed E-state index contributed by atoms with van der Waals surface area (Å²) in [5.74, 6) is 0.123. The molecule has 2 rings (SSSR count). The molecule has 1 saturated carbocycles. The van der Waals surface area contributed by atoms with Crippen LogP contribution in [0, 0.1) is 0 Å². The lowest BCUT2D eigenvalue weighted by molar-refractivity contribution is -0.137. The highest BCUT2D eigenvalue weighted by Gasteiger charge is 2.36. The van der Waals surface area contributed by atoms with E-state index in [9.17, 15) is 9.90 Å².